The molecule has 2 atom stereocenters. The van der Waals surface area contributed by atoms with E-state index in [0.29, 0.717) is 17.8 Å². The van der Waals surface area contributed by atoms with E-state index in [1.54, 1.807) is 10.9 Å². The zero-order valence-corrected chi connectivity index (χ0v) is 23.0. The van der Waals surface area contributed by atoms with Crippen molar-refractivity contribution in [2.75, 3.05) is 30.1 Å². The Bertz CT molecular complexity index is 1580. The minimum absolute atomic E-state index is 0.0565. The van der Waals surface area contributed by atoms with E-state index in [1.807, 2.05) is 17.5 Å². The molecule has 5 heterocycles. The van der Waals surface area contributed by atoms with Gasteiger partial charge in [-0.05, 0) is 6.92 Å². The van der Waals surface area contributed by atoms with Gasteiger partial charge >= 0.3 is 5.97 Å². The summed E-state index contributed by atoms with van der Waals surface area (Å²) in [6, 6.07) is -1.07. The van der Waals surface area contributed by atoms with Crippen molar-refractivity contribution in [3.63, 3.8) is 0 Å². The topological polar surface area (TPSA) is 198 Å². The molecule has 3 aromatic rings. The summed E-state index contributed by atoms with van der Waals surface area (Å²) in [6.07, 6.45) is 4.16. The van der Waals surface area contributed by atoms with Crippen LogP contribution in [0.25, 0.3) is 4.83 Å². The number of thioether (sulfide) groups is 1. The van der Waals surface area contributed by atoms with Crippen molar-refractivity contribution in [2.24, 2.45) is 5.16 Å². The predicted molar refractivity (Wildman–Crippen MR) is 142 cm³/mol. The van der Waals surface area contributed by atoms with Crippen LogP contribution in [0.3, 0.4) is 0 Å². The number of carboxylic acids is 1. The van der Waals surface area contributed by atoms with E-state index in [1.165, 1.54) is 23.1 Å². The number of nitrogens with one attached hydrogen (secondary N) is 2. The predicted octanol–water partition coefficient (Wildman–Crippen LogP) is -0.272. The Balaban J connectivity index is 1.38. The number of carboxylic acid groups (broad SMARTS) is 1. The number of nitrogen functional groups attached to an aromatic ring is 1. The second kappa shape index (κ2) is 11.2. The van der Waals surface area contributed by atoms with Crippen LogP contribution >= 0.6 is 34.6 Å². The Kier molecular flexibility index (Phi) is 7.68. The highest BCUT2D eigenvalue weighted by Gasteiger charge is 2.54. The van der Waals surface area contributed by atoms with Crippen LogP contribution in [0.1, 0.15) is 10.7 Å². The third-order valence-electron chi connectivity index (χ3n) is 5.85. The van der Waals surface area contributed by atoms with Crippen molar-refractivity contribution in [2.45, 2.75) is 24.9 Å². The average molecular weight is 611 g/mol. The molecule has 2 aliphatic rings. The molecule has 0 aliphatic carbocycles. The highest BCUT2D eigenvalue weighted by Crippen LogP contribution is 2.41. The number of amides is 3. The normalized spacial score (nSPS) is 18.9. The Morgan fingerprint density at radius 1 is 1.45 bits per heavy atom. The molecule has 5 N–H and O–H groups in total. The van der Waals surface area contributed by atoms with Crippen LogP contribution in [-0.2, 0) is 30.6 Å². The van der Waals surface area contributed by atoms with Crippen molar-refractivity contribution in [3.8, 4) is 0 Å². The Hall–Kier alpha value is -4.10. The van der Waals surface area contributed by atoms with E-state index >= 15 is 0 Å². The lowest BCUT2D eigenvalue weighted by Gasteiger charge is -2.49. The second-order valence-electron chi connectivity index (χ2n) is 8.44. The number of β-lactam (4-membered cyclic amide) rings is 1. The van der Waals surface area contributed by atoms with Crippen LogP contribution in [-0.4, -0.2) is 84.3 Å². The lowest BCUT2D eigenvalue weighted by atomic mass is 10.0. The number of aryl methyl sites for hydroxylation is 1. The summed E-state index contributed by atoms with van der Waals surface area (Å²) in [5.74, 6) is -2.23. The minimum atomic E-state index is -1.30. The first-order valence-electron chi connectivity index (χ1n) is 11.5. The van der Waals surface area contributed by atoms with Crippen LogP contribution in [0.5, 0.6) is 0 Å². The van der Waals surface area contributed by atoms with Gasteiger partial charge in [0.05, 0.1) is 0 Å². The van der Waals surface area contributed by atoms with Crippen LogP contribution in [0.15, 0.2) is 29.0 Å². The molecule has 40 heavy (non-hydrogen) atoms. The summed E-state index contributed by atoms with van der Waals surface area (Å²) in [4.78, 5) is 61.3. The van der Waals surface area contributed by atoms with Crippen LogP contribution in [0.2, 0.25) is 0 Å². The highest BCUT2D eigenvalue weighted by atomic mass is 32.2. The number of carbonyl (C=O) groups is 4. The smallest absolute Gasteiger partial charge is 0.352 e. The zero-order valence-electron chi connectivity index (χ0n) is 20.6. The van der Waals surface area contributed by atoms with Gasteiger partial charge in [-0.25, -0.2) is 13.8 Å². The first-order valence-corrected chi connectivity index (χ1v) is 14.1. The molecule has 3 aromatic heterocycles. The number of anilines is 2. The number of halogens is 1. The fraction of sp³-hybridized carbons (Fsp3) is 0.333. The molecule has 0 aromatic carbocycles. The van der Waals surface area contributed by atoms with Crippen molar-refractivity contribution in [1.82, 2.24) is 24.1 Å². The van der Waals surface area contributed by atoms with Gasteiger partial charge < -0.3 is 21.0 Å². The monoisotopic (exact) mass is 610 g/mol. The molecule has 19 heteroatoms. The van der Waals surface area contributed by atoms with E-state index in [9.17, 15) is 28.7 Å². The van der Waals surface area contributed by atoms with Gasteiger partial charge in [0.2, 0.25) is 17.9 Å². The molecule has 0 saturated carbocycles. The Morgan fingerprint density at radius 3 is 2.92 bits per heavy atom. The number of imidazole rings is 1. The van der Waals surface area contributed by atoms with Gasteiger partial charge in [-0.3, -0.25) is 24.6 Å². The number of fused-ring (bicyclic) bond motifs is 2. The van der Waals surface area contributed by atoms with Crippen molar-refractivity contribution in [3.05, 3.63) is 34.5 Å². The zero-order chi connectivity index (χ0) is 28.6. The SMILES string of the molecule is Cc1c[n+]2cn(CC3=C(C(=O)O)N4C(=O)[C@@H](NC(=O)/C(=N\OCCF)c5nsc(N)n5)[C@H]4SC3)c(NC=O)c2s1. The van der Waals surface area contributed by atoms with E-state index in [2.05, 4.69) is 25.1 Å². The molecular formula is C21H21FN9O6S3+. The lowest BCUT2D eigenvalue weighted by molar-refractivity contribution is -0.508. The maximum absolute atomic E-state index is 13.1. The maximum atomic E-state index is 13.1. The molecular weight excluding hydrogens is 589 g/mol. The summed E-state index contributed by atoms with van der Waals surface area (Å²) in [7, 11) is 0. The molecule has 0 radical (unpaired) electrons. The fourth-order valence-corrected chi connectivity index (χ4v) is 6.99. The third kappa shape index (κ3) is 4.97. The molecule has 15 nitrogen and oxygen atoms in total. The quantitative estimate of drug-likeness (QED) is 0.0560. The van der Waals surface area contributed by atoms with Gasteiger partial charge in [0.1, 0.15) is 43.1 Å². The molecule has 2 aliphatic heterocycles. The van der Waals surface area contributed by atoms with Crippen molar-refractivity contribution in [1.29, 1.82) is 0 Å². The van der Waals surface area contributed by atoms with Gasteiger partial charge in [0.25, 0.3) is 28.8 Å². The number of rotatable bonds is 11. The van der Waals surface area contributed by atoms with Gasteiger partial charge in [-0.15, -0.1) is 11.8 Å². The van der Waals surface area contributed by atoms with E-state index in [-0.39, 0.29) is 29.0 Å². The third-order valence-corrected chi connectivity index (χ3v) is 8.76. The number of oxime groups is 1. The van der Waals surface area contributed by atoms with E-state index in [0.717, 1.165) is 26.1 Å². The Labute approximate surface area is 236 Å². The number of thiazole rings is 1. The number of nitrogens with zero attached hydrogens (tertiary/aromatic N) is 6. The summed E-state index contributed by atoms with van der Waals surface area (Å²) >= 11 is 3.54. The molecule has 0 bridgehead atoms. The second-order valence-corrected chi connectivity index (χ2v) is 11.6. The summed E-state index contributed by atoms with van der Waals surface area (Å²) in [6.45, 7) is 0.765. The Morgan fingerprint density at radius 2 is 2.25 bits per heavy atom. The first kappa shape index (κ1) is 27.5. The number of nitrogens with two attached hydrogens (primary N) is 1. The fourth-order valence-electron chi connectivity index (χ4n) is 4.27. The number of alkyl halides is 1. The maximum Gasteiger partial charge on any atom is 0.352 e. The number of aromatic nitrogens is 4. The van der Waals surface area contributed by atoms with Gasteiger partial charge in [0.15, 0.2) is 5.13 Å². The lowest BCUT2D eigenvalue weighted by Crippen LogP contribution is -2.71. The molecule has 0 unspecified atom stereocenters. The van der Waals surface area contributed by atoms with Gasteiger partial charge in [-0.2, -0.15) is 13.8 Å². The number of aliphatic carboxylic acids is 1. The summed E-state index contributed by atoms with van der Waals surface area (Å²) < 4.78 is 19.9. The van der Waals surface area contributed by atoms with E-state index in [4.69, 9.17) is 10.6 Å². The van der Waals surface area contributed by atoms with Crippen molar-refractivity contribution >= 4 is 80.3 Å². The number of hydrogen-bond donors (Lipinski definition) is 4. The number of carbonyl (C=O) groups excluding carboxylic acids is 3. The summed E-state index contributed by atoms with van der Waals surface area (Å²) in [5, 5.41) is 18.2. The van der Waals surface area contributed by atoms with Crippen LogP contribution in [0, 0.1) is 6.92 Å². The standard InChI is InChI=1S/C21H20FN9O6S3/c1-9-4-30-8-29(15(24-7-32)19(30)39-9)5-10-6-38-18-12(17(34)31(18)13(10)20(35)36)25-16(33)11(27-37-3-2-22)14-26-21(23)40-28-14/h4,7-8,12,18H,2-3,5-6H2,1H3,(H4-,23,24,25,26,28,32,33,35,36)/p+1/b27-11-/t12-,18-/m1/s1. The van der Waals surface area contributed by atoms with Gasteiger partial charge in [0, 0.05) is 27.7 Å². The molecule has 5 rings (SSSR count). The van der Waals surface area contributed by atoms with Crippen LogP contribution < -0.4 is 20.8 Å². The molecule has 1 saturated heterocycles. The molecule has 1 fully saturated rings. The summed E-state index contributed by atoms with van der Waals surface area (Å²) in [5.41, 5.74) is 5.44. The van der Waals surface area contributed by atoms with Crippen molar-refractivity contribution < 1.29 is 37.9 Å². The minimum Gasteiger partial charge on any atom is -0.477 e. The van der Waals surface area contributed by atoms with Crippen LogP contribution in [0.4, 0.5) is 15.3 Å². The highest BCUT2D eigenvalue weighted by molar-refractivity contribution is 8.00. The average Bonchev–Trinajstić information content (AvgIpc) is 3.59. The largest absolute Gasteiger partial charge is 0.477 e. The molecule has 3 amide bonds. The van der Waals surface area contributed by atoms with E-state index < -0.39 is 48.2 Å². The number of hydrogen-bond acceptors (Lipinski definition) is 12. The molecule has 0 spiro atoms. The van der Waals surface area contributed by atoms with Gasteiger partial charge in [-0.1, -0.05) is 16.5 Å². The first-order chi connectivity index (χ1) is 19.2. The molecule has 210 valence electrons.